The summed E-state index contributed by atoms with van der Waals surface area (Å²) in [6.07, 6.45) is 0. The van der Waals surface area contributed by atoms with Crippen LogP contribution in [0.4, 0.5) is 4.39 Å². The van der Waals surface area contributed by atoms with Crippen molar-refractivity contribution in [2.24, 2.45) is 0 Å². The Labute approximate surface area is 162 Å². The van der Waals surface area contributed by atoms with E-state index in [1.165, 1.54) is 13.2 Å². The number of aryl methyl sites for hydroxylation is 1. The Morgan fingerprint density at radius 1 is 1.00 bits per heavy atom. The lowest BCUT2D eigenvalue weighted by Gasteiger charge is -2.11. The van der Waals surface area contributed by atoms with Crippen molar-refractivity contribution in [3.63, 3.8) is 0 Å². The van der Waals surface area contributed by atoms with Crippen LogP contribution in [0, 0.1) is 19.7 Å². The molecule has 0 radical (unpaired) electrons. The molecule has 2 aromatic carbocycles. The number of carbonyl (C=O) groups is 2. The predicted octanol–water partition coefficient (Wildman–Crippen LogP) is 4.28. The lowest BCUT2D eigenvalue weighted by molar-refractivity contribution is 0.0471. The lowest BCUT2D eigenvalue weighted by atomic mass is 10.1. The van der Waals surface area contributed by atoms with Gasteiger partial charge in [0.05, 0.1) is 12.8 Å². The summed E-state index contributed by atoms with van der Waals surface area (Å²) in [6, 6.07) is 14.6. The molecule has 1 heterocycles. The van der Waals surface area contributed by atoms with E-state index in [-0.39, 0.29) is 17.2 Å². The monoisotopic (exact) mass is 381 g/mol. The average molecular weight is 381 g/mol. The molecule has 0 fully saturated rings. The van der Waals surface area contributed by atoms with E-state index in [2.05, 4.69) is 0 Å². The molecule has 0 spiro atoms. The van der Waals surface area contributed by atoms with Gasteiger partial charge in [-0.2, -0.15) is 0 Å². The summed E-state index contributed by atoms with van der Waals surface area (Å²) < 4.78 is 26.1. The van der Waals surface area contributed by atoms with E-state index < -0.39 is 12.6 Å². The standard InChI is InChI=1S/C22H20FNO4/c1-14-12-17(15(2)24(14)19-10-6-5-9-18(19)23)20(25)13-28-22(26)16-8-4-7-11-21(16)27-3/h4-12H,13H2,1-3H3. The fraction of sp³-hybridized carbons (Fsp3) is 0.182. The predicted molar refractivity (Wildman–Crippen MR) is 103 cm³/mol. The molecule has 144 valence electrons. The molecule has 3 rings (SSSR count). The number of carbonyl (C=O) groups excluding carboxylic acids is 2. The first kappa shape index (κ1) is 19.4. The first-order valence-electron chi connectivity index (χ1n) is 8.71. The van der Waals surface area contributed by atoms with Gasteiger partial charge >= 0.3 is 5.97 Å². The normalized spacial score (nSPS) is 10.6. The number of aromatic nitrogens is 1. The molecule has 0 saturated heterocycles. The summed E-state index contributed by atoms with van der Waals surface area (Å²) in [5.74, 6) is -1.02. The molecule has 0 aliphatic rings. The second-order valence-electron chi connectivity index (χ2n) is 6.27. The van der Waals surface area contributed by atoms with Crippen LogP contribution < -0.4 is 4.74 Å². The topological polar surface area (TPSA) is 57.5 Å². The van der Waals surface area contributed by atoms with Crippen LogP contribution >= 0.6 is 0 Å². The summed E-state index contributed by atoms with van der Waals surface area (Å²) in [5.41, 5.74) is 2.29. The molecule has 0 bridgehead atoms. The highest BCUT2D eigenvalue weighted by atomic mass is 19.1. The molecule has 0 aliphatic heterocycles. The fourth-order valence-electron chi connectivity index (χ4n) is 3.15. The van der Waals surface area contributed by atoms with Crippen LogP contribution in [0.1, 0.15) is 32.1 Å². The maximum absolute atomic E-state index is 14.2. The summed E-state index contributed by atoms with van der Waals surface area (Å²) in [7, 11) is 1.45. The molecule has 0 unspecified atom stereocenters. The highest BCUT2D eigenvalue weighted by molar-refractivity contribution is 6.01. The van der Waals surface area contributed by atoms with Gasteiger partial charge in [-0.15, -0.1) is 0 Å². The third-order valence-electron chi connectivity index (χ3n) is 4.49. The van der Waals surface area contributed by atoms with Gasteiger partial charge in [-0.3, -0.25) is 4.79 Å². The van der Waals surface area contributed by atoms with Crippen LogP contribution in [0.5, 0.6) is 5.75 Å². The van der Waals surface area contributed by atoms with Gasteiger partial charge in [-0.25, -0.2) is 9.18 Å². The molecule has 0 amide bonds. The van der Waals surface area contributed by atoms with Gasteiger partial charge in [0.25, 0.3) is 0 Å². The van der Waals surface area contributed by atoms with Gasteiger partial charge in [-0.1, -0.05) is 24.3 Å². The molecule has 0 saturated carbocycles. The molecule has 3 aromatic rings. The Hall–Kier alpha value is -3.41. The highest BCUT2D eigenvalue weighted by Gasteiger charge is 2.20. The third kappa shape index (κ3) is 3.67. The lowest BCUT2D eigenvalue weighted by Crippen LogP contribution is -2.15. The Morgan fingerprint density at radius 3 is 2.39 bits per heavy atom. The molecule has 0 atom stereocenters. The first-order chi connectivity index (χ1) is 13.4. The minimum atomic E-state index is -0.645. The van der Waals surface area contributed by atoms with Crippen LogP contribution in [0.15, 0.2) is 54.6 Å². The molecule has 0 aliphatic carbocycles. The zero-order chi connectivity index (χ0) is 20.3. The number of ether oxygens (including phenoxy) is 2. The number of ketones is 1. The first-order valence-corrected chi connectivity index (χ1v) is 8.71. The van der Waals surface area contributed by atoms with Crippen molar-refractivity contribution >= 4 is 11.8 Å². The van der Waals surface area contributed by atoms with Gasteiger partial charge in [0.2, 0.25) is 5.78 Å². The van der Waals surface area contributed by atoms with Crippen molar-refractivity contribution in [1.82, 2.24) is 4.57 Å². The van der Waals surface area contributed by atoms with Gasteiger partial charge in [0, 0.05) is 17.0 Å². The molecule has 0 N–H and O–H groups in total. The van der Waals surface area contributed by atoms with Crippen molar-refractivity contribution in [1.29, 1.82) is 0 Å². The number of methoxy groups -OCH3 is 1. The van der Waals surface area contributed by atoms with Gasteiger partial charge in [0.1, 0.15) is 17.1 Å². The largest absolute Gasteiger partial charge is 0.496 e. The quantitative estimate of drug-likeness (QED) is 0.472. The maximum atomic E-state index is 14.2. The summed E-state index contributed by atoms with van der Waals surface area (Å²) in [5, 5.41) is 0. The van der Waals surface area contributed by atoms with E-state index in [4.69, 9.17) is 9.47 Å². The highest BCUT2D eigenvalue weighted by Crippen LogP contribution is 2.24. The average Bonchev–Trinajstić information content (AvgIpc) is 3.00. The van der Waals surface area contributed by atoms with Gasteiger partial charge < -0.3 is 14.0 Å². The van der Waals surface area contributed by atoms with Crippen LogP contribution in [-0.2, 0) is 4.74 Å². The van der Waals surface area contributed by atoms with E-state index in [9.17, 15) is 14.0 Å². The minimum Gasteiger partial charge on any atom is -0.496 e. The zero-order valence-corrected chi connectivity index (χ0v) is 15.9. The van der Waals surface area contributed by atoms with Crippen molar-refractivity contribution in [2.45, 2.75) is 13.8 Å². The van der Waals surface area contributed by atoms with Crippen LogP contribution in [0.25, 0.3) is 5.69 Å². The third-order valence-corrected chi connectivity index (χ3v) is 4.49. The van der Waals surface area contributed by atoms with Crippen LogP contribution in [-0.4, -0.2) is 30.0 Å². The van der Waals surface area contributed by atoms with E-state index in [0.29, 0.717) is 28.4 Å². The molecule has 28 heavy (non-hydrogen) atoms. The zero-order valence-electron chi connectivity index (χ0n) is 15.9. The Balaban J connectivity index is 1.80. The molecule has 1 aromatic heterocycles. The number of Topliss-reactive ketones (excluding diaryl/α,β-unsaturated/α-hetero) is 1. The second-order valence-corrected chi connectivity index (χ2v) is 6.27. The summed E-state index contributed by atoms with van der Waals surface area (Å²) in [4.78, 5) is 24.9. The van der Waals surface area contributed by atoms with Crippen molar-refractivity contribution in [3.05, 3.63) is 82.9 Å². The van der Waals surface area contributed by atoms with E-state index in [1.54, 1.807) is 66.9 Å². The Kier molecular flexibility index (Phi) is 5.59. The molecular formula is C22H20FNO4. The van der Waals surface area contributed by atoms with Crippen LogP contribution in [0.3, 0.4) is 0 Å². The Bertz CT molecular complexity index is 1040. The van der Waals surface area contributed by atoms with E-state index in [1.807, 2.05) is 0 Å². The van der Waals surface area contributed by atoms with Gasteiger partial charge in [0.15, 0.2) is 6.61 Å². The van der Waals surface area contributed by atoms with Crippen molar-refractivity contribution in [2.75, 3.05) is 13.7 Å². The minimum absolute atomic E-state index is 0.245. The van der Waals surface area contributed by atoms with Crippen molar-refractivity contribution < 1.29 is 23.5 Å². The van der Waals surface area contributed by atoms with Crippen molar-refractivity contribution in [3.8, 4) is 11.4 Å². The van der Waals surface area contributed by atoms with E-state index in [0.717, 1.165) is 0 Å². The van der Waals surface area contributed by atoms with Crippen LogP contribution in [0.2, 0.25) is 0 Å². The molecule has 5 nitrogen and oxygen atoms in total. The Morgan fingerprint density at radius 2 is 1.68 bits per heavy atom. The summed E-state index contributed by atoms with van der Waals surface area (Å²) in [6.45, 7) is 3.10. The molecular weight excluding hydrogens is 361 g/mol. The van der Waals surface area contributed by atoms with Gasteiger partial charge in [-0.05, 0) is 44.2 Å². The summed E-state index contributed by atoms with van der Waals surface area (Å²) >= 11 is 0. The fourth-order valence-corrected chi connectivity index (χ4v) is 3.15. The number of benzene rings is 2. The number of esters is 1. The number of halogens is 1. The van der Waals surface area contributed by atoms with E-state index >= 15 is 0 Å². The number of para-hydroxylation sites is 2. The molecule has 6 heteroatoms. The number of hydrogen-bond donors (Lipinski definition) is 0. The number of hydrogen-bond acceptors (Lipinski definition) is 4. The number of rotatable bonds is 6. The SMILES string of the molecule is COc1ccccc1C(=O)OCC(=O)c1cc(C)n(-c2ccccc2F)c1C. The second kappa shape index (κ2) is 8.08. The maximum Gasteiger partial charge on any atom is 0.342 e. The number of nitrogens with zero attached hydrogens (tertiary/aromatic N) is 1. The smallest absolute Gasteiger partial charge is 0.342 e.